The van der Waals surface area contributed by atoms with Crippen molar-refractivity contribution in [2.24, 2.45) is 0 Å². The fourth-order valence-electron chi connectivity index (χ4n) is 1.67. The normalized spacial score (nSPS) is 10.9. The first-order valence-corrected chi connectivity index (χ1v) is 7.07. The van der Waals surface area contributed by atoms with Gasteiger partial charge in [-0.3, -0.25) is 4.79 Å². The largest absolute Gasteiger partial charge is 0.379 e. The van der Waals surface area contributed by atoms with Crippen molar-refractivity contribution in [1.82, 2.24) is 5.32 Å². The van der Waals surface area contributed by atoms with Crippen molar-refractivity contribution in [1.29, 1.82) is 0 Å². The van der Waals surface area contributed by atoms with Crippen LogP contribution in [-0.4, -0.2) is 31.7 Å². The molecule has 0 fully saturated rings. The second-order valence-corrected chi connectivity index (χ2v) is 4.95. The molecule has 0 saturated heterocycles. The molecule has 0 aliphatic rings. The summed E-state index contributed by atoms with van der Waals surface area (Å²) in [7, 11) is 0. The van der Waals surface area contributed by atoms with Crippen LogP contribution in [0.1, 0.15) is 26.7 Å². The monoisotopic (exact) mass is 300 g/mol. The number of rotatable bonds is 9. The highest BCUT2D eigenvalue weighted by Gasteiger charge is 2.11. The van der Waals surface area contributed by atoms with Crippen LogP contribution >= 0.6 is 0 Å². The SMILES string of the molecule is CC(C)OCCCCNCC(=O)Nc1c(F)cccc1F. The zero-order valence-electron chi connectivity index (χ0n) is 12.4. The molecular weight excluding hydrogens is 278 g/mol. The van der Waals surface area contributed by atoms with E-state index in [0.29, 0.717) is 13.2 Å². The molecule has 1 rings (SSSR count). The van der Waals surface area contributed by atoms with Crippen LogP contribution in [-0.2, 0) is 9.53 Å². The smallest absolute Gasteiger partial charge is 0.238 e. The van der Waals surface area contributed by atoms with E-state index in [4.69, 9.17) is 4.74 Å². The van der Waals surface area contributed by atoms with Crippen LogP contribution in [0, 0.1) is 11.6 Å². The topological polar surface area (TPSA) is 50.4 Å². The first kappa shape index (κ1) is 17.5. The molecule has 1 amide bonds. The lowest BCUT2D eigenvalue weighted by Crippen LogP contribution is -2.29. The zero-order valence-corrected chi connectivity index (χ0v) is 12.4. The van der Waals surface area contributed by atoms with Gasteiger partial charge in [-0.25, -0.2) is 8.78 Å². The number of hydrogen-bond donors (Lipinski definition) is 2. The van der Waals surface area contributed by atoms with Gasteiger partial charge in [0.2, 0.25) is 5.91 Å². The Kier molecular flexibility index (Phi) is 7.85. The minimum absolute atomic E-state index is 0.0127. The zero-order chi connectivity index (χ0) is 15.7. The summed E-state index contributed by atoms with van der Waals surface area (Å²) in [4.78, 5) is 11.6. The minimum Gasteiger partial charge on any atom is -0.379 e. The molecule has 6 heteroatoms. The molecule has 0 bridgehead atoms. The fraction of sp³-hybridized carbons (Fsp3) is 0.533. The quantitative estimate of drug-likeness (QED) is 0.689. The maximum atomic E-state index is 13.3. The van der Waals surface area contributed by atoms with E-state index < -0.39 is 23.2 Å². The number of para-hydroxylation sites is 1. The molecule has 1 aromatic carbocycles. The molecule has 0 unspecified atom stereocenters. The van der Waals surface area contributed by atoms with Gasteiger partial charge >= 0.3 is 0 Å². The van der Waals surface area contributed by atoms with Crippen molar-refractivity contribution < 1.29 is 18.3 Å². The highest BCUT2D eigenvalue weighted by atomic mass is 19.1. The molecule has 2 N–H and O–H groups in total. The van der Waals surface area contributed by atoms with Crippen LogP contribution < -0.4 is 10.6 Å². The van der Waals surface area contributed by atoms with Gasteiger partial charge < -0.3 is 15.4 Å². The van der Waals surface area contributed by atoms with Crippen molar-refractivity contribution in [2.75, 3.05) is 25.0 Å². The van der Waals surface area contributed by atoms with Gasteiger partial charge in [0, 0.05) is 6.61 Å². The predicted octanol–water partition coefficient (Wildman–Crippen LogP) is 2.70. The van der Waals surface area contributed by atoms with Crippen LogP contribution in [0.5, 0.6) is 0 Å². The van der Waals surface area contributed by atoms with E-state index in [1.807, 2.05) is 13.8 Å². The summed E-state index contributed by atoms with van der Waals surface area (Å²) >= 11 is 0. The van der Waals surface area contributed by atoms with Crippen molar-refractivity contribution in [3.05, 3.63) is 29.8 Å². The molecule has 0 aliphatic heterocycles. The summed E-state index contributed by atoms with van der Waals surface area (Å²) in [6.07, 6.45) is 1.99. The van der Waals surface area contributed by atoms with Gasteiger partial charge in [-0.2, -0.15) is 0 Å². The lowest BCUT2D eigenvalue weighted by atomic mass is 10.3. The molecule has 0 saturated carbocycles. The molecule has 0 heterocycles. The number of halogens is 2. The molecule has 0 radical (unpaired) electrons. The van der Waals surface area contributed by atoms with Crippen LogP contribution in [0.25, 0.3) is 0 Å². The Morgan fingerprint density at radius 1 is 1.24 bits per heavy atom. The predicted molar refractivity (Wildman–Crippen MR) is 78.2 cm³/mol. The maximum Gasteiger partial charge on any atom is 0.238 e. The molecular formula is C15H22F2N2O2. The number of benzene rings is 1. The number of carbonyl (C=O) groups is 1. The number of carbonyl (C=O) groups excluding carboxylic acids is 1. The van der Waals surface area contributed by atoms with Crippen LogP contribution in [0.3, 0.4) is 0 Å². The van der Waals surface area contributed by atoms with E-state index in [1.165, 1.54) is 6.07 Å². The van der Waals surface area contributed by atoms with Gasteiger partial charge in [0.05, 0.1) is 12.6 Å². The summed E-state index contributed by atoms with van der Waals surface area (Å²) in [5.41, 5.74) is -0.408. The average Bonchev–Trinajstić information content (AvgIpc) is 2.41. The molecule has 0 aliphatic carbocycles. The highest BCUT2D eigenvalue weighted by Crippen LogP contribution is 2.17. The van der Waals surface area contributed by atoms with Gasteiger partial charge in [-0.05, 0) is 45.4 Å². The number of nitrogens with one attached hydrogen (secondary N) is 2. The van der Waals surface area contributed by atoms with E-state index in [9.17, 15) is 13.6 Å². The number of anilines is 1. The lowest BCUT2D eigenvalue weighted by molar-refractivity contribution is -0.115. The fourth-order valence-corrected chi connectivity index (χ4v) is 1.67. The van der Waals surface area contributed by atoms with E-state index in [0.717, 1.165) is 25.0 Å². The third kappa shape index (κ3) is 7.15. The third-order valence-electron chi connectivity index (χ3n) is 2.71. The Balaban J connectivity index is 2.17. The number of hydrogen-bond acceptors (Lipinski definition) is 3. The third-order valence-corrected chi connectivity index (χ3v) is 2.71. The van der Waals surface area contributed by atoms with Crippen molar-refractivity contribution >= 4 is 11.6 Å². The molecule has 4 nitrogen and oxygen atoms in total. The average molecular weight is 300 g/mol. The van der Waals surface area contributed by atoms with Gasteiger partial charge in [-0.1, -0.05) is 6.07 Å². The second kappa shape index (κ2) is 9.41. The molecule has 0 spiro atoms. The standard InChI is InChI=1S/C15H22F2N2O2/c1-11(2)21-9-4-3-8-18-10-14(20)19-15-12(16)6-5-7-13(15)17/h5-7,11,18H,3-4,8-10H2,1-2H3,(H,19,20). The minimum atomic E-state index is -0.783. The van der Waals surface area contributed by atoms with E-state index in [1.54, 1.807) is 0 Å². The summed E-state index contributed by atoms with van der Waals surface area (Å²) < 4.78 is 32.0. The van der Waals surface area contributed by atoms with Crippen LogP contribution in [0.4, 0.5) is 14.5 Å². The van der Waals surface area contributed by atoms with Gasteiger partial charge in [0.25, 0.3) is 0 Å². The Bertz CT molecular complexity index is 433. The molecule has 0 aromatic heterocycles. The summed E-state index contributed by atoms with van der Waals surface area (Å²) in [5.74, 6) is -2.04. The molecule has 118 valence electrons. The van der Waals surface area contributed by atoms with Crippen molar-refractivity contribution in [2.45, 2.75) is 32.8 Å². The van der Waals surface area contributed by atoms with Gasteiger partial charge in [-0.15, -0.1) is 0 Å². The Labute approximate surface area is 123 Å². The second-order valence-electron chi connectivity index (χ2n) is 4.95. The van der Waals surface area contributed by atoms with Crippen molar-refractivity contribution in [3.63, 3.8) is 0 Å². The molecule has 1 aromatic rings. The van der Waals surface area contributed by atoms with Gasteiger partial charge in [0.1, 0.15) is 17.3 Å². The van der Waals surface area contributed by atoms with Crippen molar-refractivity contribution in [3.8, 4) is 0 Å². The first-order valence-electron chi connectivity index (χ1n) is 7.07. The van der Waals surface area contributed by atoms with E-state index >= 15 is 0 Å². The summed E-state index contributed by atoms with van der Waals surface area (Å²) in [5, 5.41) is 5.14. The number of unbranched alkanes of at least 4 members (excludes halogenated alkanes) is 1. The summed E-state index contributed by atoms with van der Waals surface area (Å²) in [6.45, 7) is 5.30. The highest BCUT2D eigenvalue weighted by molar-refractivity contribution is 5.92. The van der Waals surface area contributed by atoms with Gasteiger partial charge in [0.15, 0.2) is 0 Å². The van der Waals surface area contributed by atoms with Crippen LogP contribution in [0.2, 0.25) is 0 Å². The Morgan fingerprint density at radius 2 is 1.90 bits per heavy atom. The lowest BCUT2D eigenvalue weighted by Gasteiger charge is -2.09. The van der Waals surface area contributed by atoms with E-state index in [2.05, 4.69) is 10.6 Å². The van der Waals surface area contributed by atoms with E-state index in [-0.39, 0.29) is 12.6 Å². The number of amides is 1. The first-order chi connectivity index (χ1) is 10.0. The molecule has 0 atom stereocenters. The maximum absolute atomic E-state index is 13.3. The Hall–Kier alpha value is -1.53. The summed E-state index contributed by atoms with van der Waals surface area (Å²) in [6, 6.07) is 3.44. The molecule has 21 heavy (non-hydrogen) atoms. The number of ether oxygens (including phenoxy) is 1. The van der Waals surface area contributed by atoms with Crippen LogP contribution in [0.15, 0.2) is 18.2 Å². The Morgan fingerprint density at radius 3 is 2.52 bits per heavy atom.